The van der Waals surface area contributed by atoms with Crippen LogP contribution < -0.4 is 5.32 Å². The van der Waals surface area contributed by atoms with Crippen molar-refractivity contribution in [3.05, 3.63) is 0 Å². The summed E-state index contributed by atoms with van der Waals surface area (Å²) in [7, 11) is 0. The van der Waals surface area contributed by atoms with E-state index >= 15 is 0 Å². The summed E-state index contributed by atoms with van der Waals surface area (Å²) in [5, 5.41) is 13.2. The van der Waals surface area contributed by atoms with Crippen molar-refractivity contribution in [1.82, 2.24) is 5.32 Å². The van der Waals surface area contributed by atoms with Crippen LogP contribution in [0.4, 0.5) is 0 Å². The number of ether oxygens (including phenoxy) is 1. The van der Waals surface area contributed by atoms with Crippen LogP contribution in [0.5, 0.6) is 0 Å². The number of hydrogen-bond donors (Lipinski definition) is 2. The number of aliphatic hydroxyl groups excluding tert-OH is 1. The Morgan fingerprint density at radius 3 is 2.71 bits per heavy atom. The third-order valence-electron chi connectivity index (χ3n) is 3.73. The van der Waals surface area contributed by atoms with Gasteiger partial charge in [0.05, 0.1) is 12.7 Å². The number of hydrogen-bond acceptors (Lipinski definition) is 3. The number of rotatable bonds is 9. The fourth-order valence-corrected chi connectivity index (χ4v) is 2.47. The standard InChI is InChI=1S/C14H29NO2/c1-3-4-9-17-11-14(16)10-15-12(2)13-7-5-6-8-13/h12-16H,3-11H2,1-2H3/t12-,14?/m1/s1. The monoisotopic (exact) mass is 243 g/mol. The zero-order valence-electron chi connectivity index (χ0n) is 11.5. The lowest BCUT2D eigenvalue weighted by Gasteiger charge is -2.22. The highest BCUT2D eigenvalue weighted by Crippen LogP contribution is 2.27. The second-order valence-electron chi connectivity index (χ2n) is 5.32. The molecule has 17 heavy (non-hydrogen) atoms. The molecule has 1 fully saturated rings. The van der Waals surface area contributed by atoms with Gasteiger partial charge >= 0.3 is 0 Å². The van der Waals surface area contributed by atoms with E-state index in [9.17, 15) is 5.11 Å². The van der Waals surface area contributed by atoms with Gasteiger partial charge < -0.3 is 15.2 Å². The molecule has 0 heterocycles. The summed E-state index contributed by atoms with van der Waals surface area (Å²) in [6.07, 6.45) is 7.30. The highest BCUT2D eigenvalue weighted by Gasteiger charge is 2.21. The molecule has 1 rings (SSSR count). The van der Waals surface area contributed by atoms with Crippen LogP contribution in [0.3, 0.4) is 0 Å². The molecule has 3 nitrogen and oxygen atoms in total. The van der Waals surface area contributed by atoms with Gasteiger partial charge in [-0.3, -0.25) is 0 Å². The maximum atomic E-state index is 9.75. The Bertz CT molecular complexity index is 181. The number of unbranched alkanes of at least 4 members (excludes halogenated alkanes) is 1. The summed E-state index contributed by atoms with van der Waals surface area (Å²) in [5.41, 5.74) is 0. The van der Waals surface area contributed by atoms with Gasteiger partial charge in [-0.05, 0) is 32.1 Å². The summed E-state index contributed by atoms with van der Waals surface area (Å²) >= 11 is 0. The second kappa shape index (κ2) is 8.90. The van der Waals surface area contributed by atoms with Gasteiger partial charge in [-0.15, -0.1) is 0 Å². The first-order valence-corrected chi connectivity index (χ1v) is 7.23. The minimum Gasteiger partial charge on any atom is -0.389 e. The normalized spacial score (nSPS) is 20.6. The van der Waals surface area contributed by atoms with E-state index in [1.54, 1.807) is 0 Å². The molecule has 0 aromatic heterocycles. The lowest BCUT2D eigenvalue weighted by Crippen LogP contribution is -2.39. The fraction of sp³-hybridized carbons (Fsp3) is 1.00. The maximum Gasteiger partial charge on any atom is 0.0897 e. The van der Waals surface area contributed by atoms with Gasteiger partial charge in [-0.1, -0.05) is 26.2 Å². The van der Waals surface area contributed by atoms with E-state index in [0.717, 1.165) is 25.4 Å². The number of nitrogens with one attached hydrogen (secondary N) is 1. The van der Waals surface area contributed by atoms with Gasteiger partial charge in [0.1, 0.15) is 0 Å². The summed E-state index contributed by atoms with van der Waals surface area (Å²) in [6.45, 7) is 6.27. The summed E-state index contributed by atoms with van der Waals surface area (Å²) in [5.74, 6) is 0.809. The van der Waals surface area contributed by atoms with Crippen LogP contribution in [0.2, 0.25) is 0 Å². The minimum absolute atomic E-state index is 0.365. The Kier molecular flexibility index (Phi) is 7.82. The summed E-state index contributed by atoms with van der Waals surface area (Å²) < 4.78 is 5.40. The first kappa shape index (κ1) is 14.9. The van der Waals surface area contributed by atoms with Gasteiger partial charge in [-0.25, -0.2) is 0 Å². The molecular formula is C14H29NO2. The van der Waals surface area contributed by atoms with Crippen molar-refractivity contribution in [3.8, 4) is 0 Å². The van der Waals surface area contributed by atoms with Gasteiger partial charge in [-0.2, -0.15) is 0 Å². The molecule has 0 amide bonds. The van der Waals surface area contributed by atoms with Crippen LogP contribution >= 0.6 is 0 Å². The lowest BCUT2D eigenvalue weighted by molar-refractivity contribution is 0.0339. The Morgan fingerprint density at radius 2 is 2.06 bits per heavy atom. The zero-order chi connectivity index (χ0) is 12.5. The molecule has 0 spiro atoms. The Labute approximate surface area is 106 Å². The predicted molar refractivity (Wildman–Crippen MR) is 71.2 cm³/mol. The highest BCUT2D eigenvalue weighted by atomic mass is 16.5. The van der Waals surface area contributed by atoms with E-state index in [2.05, 4.69) is 19.2 Å². The van der Waals surface area contributed by atoms with Gasteiger partial charge in [0.2, 0.25) is 0 Å². The highest BCUT2D eigenvalue weighted by molar-refractivity contribution is 4.78. The molecule has 0 aromatic carbocycles. The Hall–Kier alpha value is -0.120. The summed E-state index contributed by atoms with van der Waals surface area (Å²) in [6, 6.07) is 0.530. The van der Waals surface area contributed by atoms with Crippen molar-refractivity contribution in [2.45, 2.75) is 64.5 Å². The van der Waals surface area contributed by atoms with Crippen LogP contribution in [-0.4, -0.2) is 37.0 Å². The van der Waals surface area contributed by atoms with E-state index in [1.807, 2.05) is 0 Å². The molecule has 1 aliphatic rings. The van der Waals surface area contributed by atoms with E-state index in [-0.39, 0.29) is 6.10 Å². The molecule has 3 heteroatoms. The molecule has 1 saturated carbocycles. The number of aliphatic hydroxyl groups is 1. The molecule has 0 aromatic rings. The van der Waals surface area contributed by atoms with E-state index in [4.69, 9.17) is 4.74 Å². The van der Waals surface area contributed by atoms with Crippen molar-refractivity contribution >= 4 is 0 Å². The minimum atomic E-state index is -0.365. The Balaban J connectivity index is 2.00. The Morgan fingerprint density at radius 1 is 1.35 bits per heavy atom. The average Bonchev–Trinajstić information content (AvgIpc) is 2.85. The molecule has 0 radical (unpaired) electrons. The molecule has 0 bridgehead atoms. The topological polar surface area (TPSA) is 41.5 Å². The molecule has 102 valence electrons. The van der Waals surface area contributed by atoms with E-state index in [1.165, 1.54) is 25.7 Å². The SMILES string of the molecule is CCCCOCC(O)CN[C@H](C)C1CCCC1. The van der Waals surface area contributed by atoms with E-state index < -0.39 is 0 Å². The maximum absolute atomic E-state index is 9.75. The quantitative estimate of drug-likeness (QED) is 0.611. The molecule has 1 unspecified atom stereocenters. The molecule has 2 N–H and O–H groups in total. The average molecular weight is 243 g/mol. The van der Waals surface area contributed by atoms with Crippen molar-refractivity contribution < 1.29 is 9.84 Å². The smallest absolute Gasteiger partial charge is 0.0897 e. The van der Waals surface area contributed by atoms with Crippen LogP contribution in [-0.2, 0) is 4.74 Å². The first-order chi connectivity index (χ1) is 8.24. The van der Waals surface area contributed by atoms with Gasteiger partial charge in [0.25, 0.3) is 0 Å². The van der Waals surface area contributed by atoms with Gasteiger partial charge in [0, 0.05) is 19.2 Å². The van der Waals surface area contributed by atoms with Crippen LogP contribution in [0.25, 0.3) is 0 Å². The predicted octanol–water partition coefficient (Wildman–Crippen LogP) is 2.33. The van der Waals surface area contributed by atoms with Crippen molar-refractivity contribution in [2.75, 3.05) is 19.8 Å². The fourth-order valence-electron chi connectivity index (χ4n) is 2.47. The third kappa shape index (κ3) is 6.39. The van der Waals surface area contributed by atoms with Crippen molar-refractivity contribution in [1.29, 1.82) is 0 Å². The third-order valence-corrected chi connectivity index (χ3v) is 3.73. The second-order valence-corrected chi connectivity index (χ2v) is 5.32. The molecular weight excluding hydrogens is 214 g/mol. The zero-order valence-corrected chi connectivity index (χ0v) is 11.5. The molecule has 0 saturated heterocycles. The largest absolute Gasteiger partial charge is 0.389 e. The summed E-state index contributed by atoms with van der Waals surface area (Å²) in [4.78, 5) is 0. The van der Waals surface area contributed by atoms with Gasteiger partial charge in [0.15, 0.2) is 0 Å². The molecule has 1 aliphatic carbocycles. The van der Waals surface area contributed by atoms with Crippen LogP contribution in [0.1, 0.15) is 52.4 Å². The first-order valence-electron chi connectivity index (χ1n) is 7.23. The van der Waals surface area contributed by atoms with Crippen molar-refractivity contribution in [2.24, 2.45) is 5.92 Å². The lowest BCUT2D eigenvalue weighted by atomic mass is 10.00. The van der Waals surface area contributed by atoms with Crippen LogP contribution in [0.15, 0.2) is 0 Å². The molecule has 0 aliphatic heterocycles. The van der Waals surface area contributed by atoms with E-state index in [0.29, 0.717) is 19.2 Å². The molecule has 2 atom stereocenters. The van der Waals surface area contributed by atoms with Crippen LogP contribution in [0, 0.1) is 5.92 Å². The van der Waals surface area contributed by atoms with Crippen molar-refractivity contribution in [3.63, 3.8) is 0 Å².